The average molecular weight is 213 g/mol. The van der Waals surface area contributed by atoms with Gasteiger partial charge in [-0.1, -0.05) is 15.9 Å². The van der Waals surface area contributed by atoms with Crippen LogP contribution in [0, 0.1) is 6.57 Å². The Labute approximate surface area is 72.2 Å². The topological polar surface area (TPSA) is 26.4 Å². The highest BCUT2D eigenvalue weighted by Crippen LogP contribution is 2.13. The molecular weight excluding hydrogens is 208 g/mol. The van der Waals surface area contributed by atoms with E-state index in [1.807, 2.05) is 0 Å². The summed E-state index contributed by atoms with van der Waals surface area (Å²) in [5.41, 5.74) is -0.120. The maximum Gasteiger partial charge on any atom is 0.256 e. The van der Waals surface area contributed by atoms with Gasteiger partial charge in [0.05, 0.1) is 6.57 Å². The van der Waals surface area contributed by atoms with E-state index in [2.05, 4.69) is 20.8 Å². The van der Waals surface area contributed by atoms with Crippen molar-refractivity contribution in [2.75, 3.05) is 0 Å². The summed E-state index contributed by atoms with van der Waals surface area (Å²) in [5, 5.41) is 0. The Morgan fingerprint density at radius 1 is 1.73 bits per heavy atom. The number of pyridine rings is 1. The molecule has 0 spiro atoms. The van der Waals surface area contributed by atoms with E-state index in [9.17, 15) is 4.79 Å². The predicted molar refractivity (Wildman–Crippen MR) is 45.6 cm³/mol. The van der Waals surface area contributed by atoms with E-state index in [4.69, 9.17) is 6.57 Å². The van der Waals surface area contributed by atoms with Crippen molar-refractivity contribution >= 4 is 21.6 Å². The monoisotopic (exact) mass is 212 g/mol. The zero-order valence-electron chi connectivity index (χ0n) is 5.84. The summed E-state index contributed by atoms with van der Waals surface area (Å²) in [6, 6.07) is 1.51. The molecule has 0 unspecified atom stereocenters. The van der Waals surface area contributed by atoms with Crippen LogP contribution in [0.15, 0.2) is 21.5 Å². The molecule has 0 fully saturated rings. The fourth-order valence-electron chi connectivity index (χ4n) is 0.734. The molecule has 1 rings (SSSR count). The maximum atomic E-state index is 11.1. The van der Waals surface area contributed by atoms with Gasteiger partial charge >= 0.3 is 0 Å². The van der Waals surface area contributed by atoms with Gasteiger partial charge in [0.15, 0.2) is 0 Å². The third-order valence-electron chi connectivity index (χ3n) is 1.25. The molecule has 4 heteroatoms. The summed E-state index contributed by atoms with van der Waals surface area (Å²) >= 11 is 3.18. The van der Waals surface area contributed by atoms with Gasteiger partial charge in [-0.3, -0.25) is 4.79 Å². The van der Waals surface area contributed by atoms with Gasteiger partial charge in [0.25, 0.3) is 11.2 Å². The lowest BCUT2D eigenvalue weighted by Crippen LogP contribution is -2.14. The number of aryl methyl sites for hydroxylation is 1. The second-order valence-electron chi connectivity index (χ2n) is 2.07. The van der Waals surface area contributed by atoms with Crippen LogP contribution in [0.1, 0.15) is 0 Å². The van der Waals surface area contributed by atoms with Crippen LogP contribution >= 0.6 is 15.9 Å². The molecule has 1 heterocycles. The van der Waals surface area contributed by atoms with Crippen LogP contribution in [0.4, 0.5) is 5.69 Å². The lowest BCUT2D eigenvalue weighted by molar-refractivity contribution is 0.861. The van der Waals surface area contributed by atoms with Crippen molar-refractivity contribution < 1.29 is 0 Å². The fourth-order valence-corrected chi connectivity index (χ4v) is 1.26. The fraction of sp³-hybridized carbons (Fsp3) is 0.143. The SMILES string of the molecule is [C-]#[N+]c1cc(Br)cn(C)c1=O. The van der Waals surface area contributed by atoms with Gasteiger partial charge < -0.3 is 4.57 Å². The molecule has 1 aromatic rings. The molecule has 56 valence electrons. The second kappa shape index (κ2) is 2.89. The van der Waals surface area contributed by atoms with E-state index in [0.29, 0.717) is 0 Å². The molecule has 11 heavy (non-hydrogen) atoms. The maximum absolute atomic E-state index is 11.1. The van der Waals surface area contributed by atoms with Crippen molar-refractivity contribution in [3.63, 3.8) is 0 Å². The molecule has 0 atom stereocenters. The average Bonchev–Trinajstić information content (AvgIpc) is 1.96. The van der Waals surface area contributed by atoms with Crippen molar-refractivity contribution in [2.45, 2.75) is 0 Å². The molecular formula is C7H5BrN2O. The lowest BCUT2D eigenvalue weighted by Gasteiger charge is -1.97. The van der Waals surface area contributed by atoms with Crippen LogP contribution in [0.25, 0.3) is 4.85 Å². The van der Waals surface area contributed by atoms with Crippen LogP contribution in [0.3, 0.4) is 0 Å². The first-order chi connectivity index (χ1) is 5.15. The zero-order valence-corrected chi connectivity index (χ0v) is 7.42. The summed E-state index contributed by atoms with van der Waals surface area (Å²) in [7, 11) is 1.61. The van der Waals surface area contributed by atoms with Crippen LogP contribution < -0.4 is 5.56 Å². The van der Waals surface area contributed by atoms with Crippen molar-refractivity contribution in [1.29, 1.82) is 0 Å². The predicted octanol–water partition coefficient (Wildman–Crippen LogP) is 1.70. The second-order valence-corrected chi connectivity index (χ2v) is 2.99. The molecule has 0 aliphatic carbocycles. The highest BCUT2D eigenvalue weighted by Gasteiger charge is 2.00. The molecule has 0 aliphatic heterocycles. The van der Waals surface area contributed by atoms with Gasteiger partial charge in [-0.15, -0.1) is 0 Å². The third kappa shape index (κ3) is 1.49. The Kier molecular flexibility index (Phi) is 2.11. The van der Waals surface area contributed by atoms with Crippen LogP contribution in [0.2, 0.25) is 0 Å². The van der Waals surface area contributed by atoms with Crippen molar-refractivity contribution in [2.24, 2.45) is 7.05 Å². The van der Waals surface area contributed by atoms with E-state index < -0.39 is 0 Å². The van der Waals surface area contributed by atoms with Crippen LogP contribution in [0.5, 0.6) is 0 Å². The molecule has 0 N–H and O–H groups in total. The standard InChI is InChI=1S/C7H5BrN2O/c1-9-6-3-5(8)4-10(2)7(6)11/h3-4H,2H3. The van der Waals surface area contributed by atoms with E-state index in [1.54, 1.807) is 13.2 Å². The minimum atomic E-state index is -0.261. The Hall–Kier alpha value is -1.08. The summed E-state index contributed by atoms with van der Waals surface area (Å²) in [6.45, 7) is 6.67. The van der Waals surface area contributed by atoms with Gasteiger partial charge in [0, 0.05) is 17.7 Å². The first kappa shape index (κ1) is 8.02. The summed E-state index contributed by atoms with van der Waals surface area (Å²) in [4.78, 5) is 14.2. The van der Waals surface area contributed by atoms with E-state index in [1.165, 1.54) is 10.6 Å². The normalized spacial score (nSPS) is 9.18. The molecule has 0 radical (unpaired) electrons. The summed E-state index contributed by atoms with van der Waals surface area (Å²) < 4.78 is 2.11. The number of rotatable bonds is 0. The van der Waals surface area contributed by atoms with Gasteiger partial charge in [0.2, 0.25) is 0 Å². The molecule has 0 aromatic carbocycles. The lowest BCUT2D eigenvalue weighted by atomic mass is 10.4. The molecule has 0 saturated heterocycles. The van der Waals surface area contributed by atoms with E-state index >= 15 is 0 Å². The van der Waals surface area contributed by atoms with Crippen molar-refractivity contribution in [3.05, 3.63) is 38.5 Å². The molecule has 0 bridgehead atoms. The Morgan fingerprint density at radius 3 is 2.91 bits per heavy atom. The third-order valence-corrected chi connectivity index (χ3v) is 1.69. The number of nitrogens with zero attached hydrogens (tertiary/aromatic N) is 2. The summed E-state index contributed by atoms with van der Waals surface area (Å²) in [5.74, 6) is 0. The first-order valence-electron chi connectivity index (χ1n) is 2.89. The van der Waals surface area contributed by atoms with Crippen LogP contribution in [-0.2, 0) is 7.05 Å². The number of halogens is 1. The van der Waals surface area contributed by atoms with Crippen molar-refractivity contribution in [1.82, 2.24) is 4.57 Å². The largest absolute Gasteiger partial charge is 0.326 e. The molecule has 0 aliphatic rings. The van der Waals surface area contributed by atoms with Gasteiger partial charge in [-0.25, -0.2) is 4.85 Å². The van der Waals surface area contributed by atoms with E-state index in [0.717, 1.165) is 4.47 Å². The highest BCUT2D eigenvalue weighted by atomic mass is 79.9. The number of hydrogen-bond acceptors (Lipinski definition) is 1. The van der Waals surface area contributed by atoms with Gasteiger partial charge in [0.1, 0.15) is 0 Å². The number of aromatic nitrogens is 1. The molecule has 1 aromatic heterocycles. The molecule has 0 saturated carbocycles. The zero-order chi connectivity index (χ0) is 8.43. The smallest absolute Gasteiger partial charge is 0.256 e. The summed E-state index contributed by atoms with van der Waals surface area (Å²) in [6.07, 6.45) is 1.62. The molecule has 0 amide bonds. The quantitative estimate of drug-likeness (QED) is 0.602. The first-order valence-corrected chi connectivity index (χ1v) is 3.68. The van der Waals surface area contributed by atoms with Gasteiger partial charge in [-0.05, 0) is 6.07 Å². The minimum absolute atomic E-state index is 0.141. The molecule has 3 nitrogen and oxygen atoms in total. The minimum Gasteiger partial charge on any atom is -0.326 e. The Bertz CT molecular complexity index is 375. The van der Waals surface area contributed by atoms with Crippen LogP contribution in [-0.4, -0.2) is 4.57 Å². The van der Waals surface area contributed by atoms with E-state index in [-0.39, 0.29) is 11.2 Å². The number of hydrogen-bond donors (Lipinski definition) is 0. The Morgan fingerprint density at radius 2 is 2.36 bits per heavy atom. The highest BCUT2D eigenvalue weighted by molar-refractivity contribution is 9.10. The Balaban J connectivity index is 3.52. The van der Waals surface area contributed by atoms with Crippen molar-refractivity contribution in [3.8, 4) is 0 Å². The van der Waals surface area contributed by atoms with Gasteiger partial charge in [-0.2, -0.15) is 0 Å².